The summed E-state index contributed by atoms with van der Waals surface area (Å²) in [4.78, 5) is 23.5. The fourth-order valence-corrected chi connectivity index (χ4v) is 4.57. The zero-order valence-corrected chi connectivity index (χ0v) is 17.9. The summed E-state index contributed by atoms with van der Waals surface area (Å²) in [6, 6.07) is 4.26. The Morgan fingerprint density at radius 2 is 1.97 bits per heavy atom. The number of rotatable bonds is 6. The lowest BCUT2D eigenvalue weighted by Crippen LogP contribution is -2.45. The van der Waals surface area contributed by atoms with Crippen molar-refractivity contribution >= 4 is 23.2 Å². The fourth-order valence-electron chi connectivity index (χ4n) is 4.37. The second-order valence-electron chi connectivity index (χ2n) is 8.53. The Kier molecular flexibility index (Phi) is 5.95. The molecule has 9 nitrogen and oxygen atoms in total. The van der Waals surface area contributed by atoms with Crippen LogP contribution in [0.1, 0.15) is 37.4 Å². The number of nitro groups is 1. The van der Waals surface area contributed by atoms with Gasteiger partial charge in [-0.15, -0.1) is 0 Å². The standard InChI is InChI=1S/C20H27ClN6O3/c1-20(28,14-26-12-18(27(29)30)23-19(26)21)13-24-10-7-16-15(11-24)5-6-17(22-16)25-8-3-2-4-9-25/h5-6,12,28H,2-4,7-11,13-14H2,1H3. The van der Waals surface area contributed by atoms with Gasteiger partial charge in [-0.3, -0.25) is 9.47 Å². The van der Waals surface area contributed by atoms with E-state index in [2.05, 4.69) is 26.9 Å². The number of halogens is 1. The second kappa shape index (κ2) is 8.49. The third kappa shape index (κ3) is 4.74. The van der Waals surface area contributed by atoms with E-state index in [0.717, 1.165) is 44.1 Å². The smallest absolute Gasteiger partial charge is 0.383 e. The molecule has 0 saturated carbocycles. The van der Waals surface area contributed by atoms with E-state index < -0.39 is 10.5 Å². The molecular formula is C20H27ClN6O3. The first-order valence-corrected chi connectivity index (χ1v) is 10.7. The van der Waals surface area contributed by atoms with E-state index >= 15 is 0 Å². The van der Waals surface area contributed by atoms with Crippen LogP contribution >= 0.6 is 11.6 Å². The van der Waals surface area contributed by atoms with Gasteiger partial charge in [-0.05, 0) is 59.3 Å². The number of nitrogens with zero attached hydrogens (tertiary/aromatic N) is 6. The van der Waals surface area contributed by atoms with Crippen LogP contribution in [0.25, 0.3) is 0 Å². The lowest BCUT2D eigenvalue weighted by Gasteiger charge is -2.35. The van der Waals surface area contributed by atoms with Gasteiger partial charge in [0.2, 0.25) is 0 Å². The van der Waals surface area contributed by atoms with Crippen LogP contribution in [0.4, 0.5) is 11.6 Å². The quantitative estimate of drug-likeness (QED) is 0.550. The summed E-state index contributed by atoms with van der Waals surface area (Å²) in [5.74, 6) is 0.753. The summed E-state index contributed by atoms with van der Waals surface area (Å²) in [6.45, 7) is 5.94. The van der Waals surface area contributed by atoms with Crippen LogP contribution in [0.5, 0.6) is 0 Å². The second-order valence-corrected chi connectivity index (χ2v) is 8.87. The summed E-state index contributed by atoms with van der Waals surface area (Å²) in [7, 11) is 0. The SMILES string of the molecule is CC(O)(CN1CCc2nc(N3CCCCC3)ccc2C1)Cn1cc([N+](=O)[O-])nc1Cl. The maximum atomic E-state index is 10.9. The average molecular weight is 435 g/mol. The van der Waals surface area contributed by atoms with E-state index in [4.69, 9.17) is 16.6 Å². The number of pyridine rings is 1. The Hall–Kier alpha value is -2.23. The Morgan fingerprint density at radius 1 is 1.20 bits per heavy atom. The van der Waals surface area contributed by atoms with Crippen LogP contribution < -0.4 is 4.90 Å². The minimum atomic E-state index is -1.11. The third-order valence-electron chi connectivity index (χ3n) is 5.77. The number of anilines is 1. The average Bonchev–Trinajstić information content (AvgIpc) is 3.08. The lowest BCUT2D eigenvalue weighted by atomic mass is 10.0. The first-order valence-electron chi connectivity index (χ1n) is 10.4. The predicted octanol–water partition coefficient (Wildman–Crippen LogP) is 2.64. The number of hydrogen-bond donors (Lipinski definition) is 1. The molecule has 0 aromatic carbocycles. The summed E-state index contributed by atoms with van der Waals surface area (Å²) < 4.78 is 1.42. The van der Waals surface area contributed by atoms with Gasteiger partial charge in [0.1, 0.15) is 12.0 Å². The van der Waals surface area contributed by atoms with Crippen molar-refractivity contribution in [1.82, 2.24) is 19.4 Å². The summed E-state index contributed by atoms with van der Waals surface area (Å²) in [5, 5.41) is 21.8. The van der Waals surface area contributed by atoms with E-state index in [1.807, 2.05) is 0 Å². The van der Waals surface area contributed by atoms with Gasteiger partial charge in [0, 0.05) is 44.8 Å². The molecule has 0 bridgehead atoms. The van der Waals surface area contributed by atoms with E-state index in [9.17, 15) is 15.2 Å². The van der Waals surface area contributed by atoms with Crippen molar-refractivity contribution in [2.24, 2.45) is 0 Å². The molecule has 2 aromatic rings. The van der Waals surface area contributed by atoms with E-state index in [-0.39, 0.29) is 17.6 Å². The van der Waals surface area contributed by atoms with Crippen molar-refractivity contribution in [2.75, 3.05) is 31.1 Å². The highest BCUT2D eigenvalue weighted by Crippen LogP contribution is 2.25. The first-order chi connectivity index (χ1) is 14.3. The van der Waals surface area contributed by atoms with Crippen LogP contribution in [0, 0.1) is 10.1 Å². The van der Waals surface area contributed by atoms with Crippen molar-refractivity contribution in [2.45, 2.75) is 51.3 Å². The van der Waals surface area contributed by atoms with Crippen molar-refractivity contribution in [3.8, 4) is 0 Å². The van der Waals surface area contributed by atoms with Gasteiger partial charge < -0.3 is 20.1 Å². The van der Waals surface area contributed by atoms with Gasteiger partial charge in [0.15, 0.2) is 0 Å². The Labute approximate surface area is 180 Å². The molecule has 2 aliphatic rings. The number of imidazole rings is 1. The van der Waals surface area contributed by atoms with Crippen molar-refractivity contribution in [3.05, 3.63) is 45.0 Å². The normalized spacial score (nSPS) is 19.4. The molecule has 2 aromatic heterocycles. The molecule has 162 valence electrons. The molecule has 0 spiro atoms. The largest absolute Gasteiger partial charge is 0.387 e. The zero-order valence-electron chi connectivity index (χ0n) is 17.1. The number of aromatic nitrogens is 3. The van der Waals surface area contributed by atoms with Gasteiger partial charge in [-0.25, -0.2) is 4.98 Å². The van der Waals surface area contributed by atoms with E-state index in [1.54, 1.807) is 6.92 Å². The van der Waals surface area contributed by atoms with E-state index in [1.165, 1.54) is 35.6 Å². The van der Waals surface area contributed by atoms with E-state index in [0.29, 0.717) is 6.54 Å². The van der Waals surface area contributed by atoms with Gasteiger partial charge in [0.05, 0.1) is 12.1 Å². The maximum Gasteiger partial charge on any atom is 0.383 e. The molecule has 4 rings (SSSR count). The summed E-state index contributed by atoms with van der Waals surface area (Å²) >= 11 is 5.99. The molecule has 1 N–H and O–H groups in total. The molecule has 0 aliphatic carbocycles. The van der Waals surface area contributed by atoms with Crippen LogP contribution in [0.2, 0.25) is 5.28 Å². The highest BCUT2D eigenvalue weighted by atomic mass is 35.5. The van der Waals surface area contributed by atoms with Gasteiger partial charge in [0.25, 0.3) is 0 Å². The minimum Gasteiger partial charge on any atom is -0.387 e. The van der Waals surface area contributed by atoms with Crippen LogP contribution in [0.3, 0.4) is 0 Å². The highest BCUT2D eigenvalue weighted by Gasteiger charge is 2.30. The van der Waals surface area contributed by atoms with Crippen molar-refractivity contribution in [3.63, 3.8) is 0 Å². The van der Waals surface area contributed by atoms with Gasteiger partial charge in [-0.1, -0.05) is 6.07 Å². The van der Waals surface area contributed by atoms with Crippen molar-refractivity contribution < 1.29 is 10.0 Å². The van der Waals surface area contributed by atoms with Crippen LogP contribution in [-0.4, -0.2) is 61.2 Å². The fraction of sp³-hybridized carbons (Fsp3) is 0.600. The number of aliphatic hydroxyl groups is 1. The highest BCUT2D eigenvalue weighted by molar-refractivity contribution is 6.28. The number of hydrogen-bond acceptors (Lipinski definition) is 7. The molecule has 0 radical (unpaired) electrons. The van der Waals surface area contributed by atoms with Crippen molar-refractivity contribution in [1.29, 1.82) is 0 Å². The Bertz CT molecular complexity index is 925. The number of piperidine rings is 1. The predicted molar refractivity (Wildman–Crippen MR) is 114 cm³/mol. The van der Waals surface area contributed by atoms with Crippen LogP contribution in [-0.2, 0) is 19.5 Å². The lowest BCUT2D eigenvalue weighted by molar-refractivity contribution is -0.389. The number of β-amino-alcohol motifs (C(OH)–C–C–N with tert-alkyl or cyclic N) is 1. The summed E-state index contributed by atoms with van der Waals surface area (Å²) in [6.07, 6.45) is 5.85. The zero-order chi connectivity index (χ0) is 21.3. The molecular weight excluding hydrogens is 408 g/mol. The topological polar surface area (TPSA) is 101 Å². The summed E-state index contributed by atoms with van der Waals surface area (Å²) in [5.41, 5.74) is 1.22. The number of fused-ring (bicyclic) bond motifs is 1. The monoisotopic (exact) mass is 434 g/mol. The molecule has 1 unspecified atom stereocenters. The molecule has 1 fully saturated rings. The molecule has 30 heavy (non-hydrogen) atoms. The minimum absolute atomic E-state index is 0.000377. The Morgan fingerprint density at radius 3 is 2.67 bits per heavy atom. The van der Waals surface area contributed by atoms with Gasteiger partial charge >= 0.3 is 11.1 Å². The molecule has 1 saturated heterocycles. The molecule has 0 amide bonds. The first kappa shape index (κ1) is 21.0. The Balaban J connectivity index is 1.40. The third-order valence-corrected chi connectivity index (χ3v) is 6.07. The van der Waals surface area contributed by atoms with Crippen LogP contribution in [0.15, 0.2) is 18.3 Å². The molecule has 1 atom stereocenters. The molecule has 2 aliphatic heterocycles. The molecule has 4 heterocycles. The molecule has 10 heteroatoms. The maximum absolute atomic E-state index is 10.9. The van der Waals surface area contributed by atoms with Gasteiger partial charge in [-0.2, -0.15) is 0 Å².